The second kappa shape index (κ2) is 7.14. The van der Waals surface area contributed by atoms with E-state index in [-0.39, 0.29) is 13.4 Å². The highest BCUT2D eigenvalue weighted by Crippen LogP contribution is 2.22. The summed E-state index contributed by atoms with van der Waals surface area (Å²) in [5, 5.41) is 9.77. The lowest BCUT2D eigenvalue weighted by atomic mass is 10.2. The summed E-state index contributed by atoms with van der Waals surface area (Å²) in [6, 6.07) is 15.0. The van der Waals surface area contributed by atoms with E-state index in [4.69, 9.17) is 21.1 Å². The highest BCUT2D eigenvalue weighted by Gasteiger charge is 2.03. The standard InChI is InChI=1S/C15H15ClO3/c16-14-6-7-15(13(8-14)9-17)19-11-18-10-12-4-2-1-3-5-12/h1-8,17H,9-11H2. The molecule has 2 aromatic carbocycles. The Morgan fingerprint density at radius 2 is 1.84 bits per heavy atom. The van der Waals surface area contributed by atoms with Gasteiger partial charge >= 0.3 is 0 Å². The third kappa shape index (κ3) is 4.24. The molecule has 0 aliphatic carbocycles. The third-order valence-corrected chi connectivity index (χ3v) is 2.84. The van der Waals surface area contributed by atoms with Crippen LogP contribution in [0.3, 0.4) is 0 Å². The van der Waals surface area contributed by atoms with E-state index in [1.54, 1.807) is 18.2 Å². The molecule has 0 aromatic heterocycles. The molecule has 2 aromatic rings. The number of benzene rings is 2. The number of aliphatic hydroxyl groups excluding tert-OH is 1. The predicted octanol–water partition coefficient (Wildman–Crippen LogP) is 3.39. The molecule has 3 nitrogen and oxygen atoms in total. The molecule has 0 atom stereocenters. The average Bonchev–Trinajstić information content (AvgIpc) is 2.46. The Labute approximate surface area is 117 Å². The van der Waals surface area contributed by atoms with Crippen LogP contribution in [0.25, 0.3) is 0 Å². The maximum Gasteiger partial charge on any atom is 0.189 e. The summed E-state index contributed by atoms with van der Waals surface area (Å²) in [6.45, 7) is 0.501. The Hall–Kier alpha value is -1.55. The smallest absolute Gasteiger partial charge is 0.189 e. The zero-order chi connectivity index (χ0) is 13.5. The SMILES string of the molecule is OCc1cc(Cl)ccc1OCOCc1ccccc1. The molecule has 0 saturated heterocycles. The van der Waals surface area contributed by atoms with E-state index in [0.29, 0.717) is 22.9 Å². The first-order valence-electron chi connectivity index (χ1n) is 5.93. The molecule has 0 saturated carbocycles. The molecule has 2 rings (SSSR count). The minimum absolute atomic E-state index is 0.116. The lowest BCUT2D eigenvalue weighted by Gasteiger charge is -2.10. The summed E-state index contributed by atoms with van der Waals surface area (Å²) in [6.07, 6.45) is 0. The van der Waals surface area contributed by atoms with Crippen molar-refractivity contribution in [2.75, 3.05) is 6.79 Å². The maximum atomic E-state index is 9.20. The van der Waals surface area contributed by atoms with Gasteiger partial charge in [0.1, 0.15) is 5.75 Å². The summed E-state index contributed by atoms with van der Waals surface area (Å²) in [5.41, 5.74) is 1.74. The van der Waals surface area contributed by atoms with Crippen molar-refractivity contribution in [2.24, 2.45) is 0 Å². The Balaban J connectivity index is 1.83. The van der Waals surface area contributed by atoms with E-state index in [1.807, 2.05) is 30.3 Å². The zero-order valence-electron chi connectivity index (χ0n) is 10.4. The van der Waals surface area contributed by atoms with Gasteiger partial charge in [0, 0.05) is 10.6 Å². The van der Waals surface area contributed by atoms with Gasteiger partial charge in [-0.15, -0.1) is 0 Å². The van der Waals surface area contributed by atoms with Crippen LogP contribution in [0.2, 0.25) is 5.02 Å². The van der Waals surface area contributed by atoms with Gasteiger partial charge in [-0.05, 0) is 23.8 Å². The molecular weight excluding hydrogens is 264 g/mol. The van der Waals surface area contributed by atoms with Gasteiger partial charge < -0.3 is 14.6 Å². The molecule has 19 heavy (non-hydrogen) atoms. The van der Waals surface area contributed by atoms with Crippen LogP contribution in [-0.4, -0.2) is 11.9 Å². The fourth-order valence-electron chi connectivity index (χ4n) is 1.65. The molecule has 0 spiro atoms. The lowest BCUT2D eigenvalue weighted by molar-refractivity contribution is 0.00400. The molecule has 0 aliphatic rings. The molecule has 0 aliphatic heterocycles. The van der Waals surface area contributed by atoms with Gasteiger partial charge in [-0.3, -0.25) is 0 Å². The van der Waals surface area contributed by atoms with Crippen LogP contribution < -0.4 is 4.74 Å². The number of aliphatic hydroxyl groups is 1. The second-order valence-corrected chi connectivity index (χ2v) is 4.44. The maximum absolute atomic E-state index is 9.20. The summed E-state index contributed by atoms with van der Waals surface area (Å²) >= 11 is 5.84. The first-order valence-corrected chi connectivity index (χ1v) is 6.31. The Morgan fingerprint density at radius 3 is 2.58 bits per heavy atom. The molecule has 0 bridgehead atoms. The van der Waals surface area contributed by atoms with Crippen molar-refractivity contribution in [3.63, 3.8) is 0 Å². The van der Waals surface area contributed by atoms with Gasteiger partial charge in [0.2, 0.25) is 0 Å². The first-order chi connectivity index (χ1) is 9.29. The van der Waals surface area contributed by atoms with E-state index in [2.05, 4.69) is 0 Å². The molecule has 1 N–H and O–H groups in total. The van der Waals surface area contributed by atoms with Crippen molar-refractivity contribution < 1.29 is 14.6 Å². The zero-order valence-corrected chi connectivity index (χ0v) is 11.1. The molecule has 100 valence electrons. The Bertz CT molecular complexity index is 514. The highest BCUT2D eigenvalue weighted by atomic mass is 35.5. The summed E-state index contributed by atoms with van der Waals surface area (Å²) < 4.78 is 10.9. The normalized spacial score (nSPS) is 10.4. The van der Waals surface area contributed by atoms with E-state index in [0.717, 1.165) is 5.56 Å². The van der Waals surface area contributed by atoms with E-state index < -0.39 is 0 Å². The first kappa shape index (κ1) is 13.9. The summed E-state index contributed by atoms with van der Waals surface area (Å²) in [7, 11) is 0. The predicted molar refractivity (Wildman–Crippen MR) is 74.1 cm³/mol. The summed E-state index contributed by atoms with van der Waals surface area (Å²) in [5.74, 6) is 0.583. The molecule has 4 heteroatoms. The molecule has 0 amide bonds. The monoisotopic (exact) mass is 278 g/mol. The van der Waals surface area contributed by atoms with Gasteiger partial charge in [-0.2, -0.15) is 0 Å². The minimum Gasteiger partial charge on any atom is -0.467 e. The van der Waals surface area contributed by atoms with Gasteiger partial charge in [0.25, 0.3) is 0 Å². The average molecular weight is 279 g/mol. The highest BCUT2D eigenvalue weighted by molar-refractivity contribution is 6.30. The second-order valence-electron chi connectivity index (χ2n) is 4.01. The van der Waals surface area contributed by atoms with Crippen LogP contribution in [0.15, 0.2) is 48.5 Å². The van der Waals surface area contributed by atoms with Crippen molar-refractivity contribution in [2.45, 2.75) is 13.2 Å². The molecular formula is C15H15ClO3. The van der Waals surface area contributed by atoms with Crippen LogP contribution in [0, 0.1) is 0 Å². The number of rotatable bonds is 6. The Kier molecular flexibility index (Phi) is 5.21. The fraction of sp³-hybridized carbons (Fsp3) is 0.200. The van der Waals surface area contributed by atoms with Crippen LogP contribution in [-0.2, 0) is 18.0 Å². The molecule has 0 heterocycles. The quantitative estimate of drug-likeness (QED) is 0.650. The molecule has 0 fully saturated rings. The number of hydrogen-bond acceptors (Lipinski definition) is 3. The van der Waals surface area contributed by atoms with Crippen molar-refractivity contribution in [3.8, 4) is 5.75 Å². The van der Waals surface area contributed by atoms with Crippen LogP contribution in [0.4, 0.5) is 0 Å². The fourth-order valence-corrected chi connectivity index (χ4v) is 1.85. The third-order valence-electron chi connectivity index (χ3n) is 2.60. The topological polar surface area (TPSA) is 38.7 Å². The van der Waals surface area contributed by atoms with Crippen molar-refractivity contribution in [3.05, 3.63) is 64.7 Å². The minimum atomic E-state index is -0.116. The number of halogens is 1. The molecule has 0 unspecified atom stereocenters. The van der Waals surface area contributed by atoms with Crippen LogP contribution >= 0.6 is 11.6 Å². The van der Waals surface area contributed by atoms with Gasteiger partial charge in [0.05, 0.1) is 13.2 Å². The summed E-state index contributed by atoms with van der Waals surface area (Å²) in [4.78, 5) is 0. The van der Waals surface area contributed by atoms with Gasteiger partial charge in [-0.1, -0.05) is 41.9 Å². The van der Waals surface area contributed by atoms with E-state index >= 15 is 0 Å². The van der Waals surface area contributed by atoms with Gasteiger partial charge in [0.15, 0.2) is 6.79 Å². The van der Waals surface area contributed by atoms with Gasteiger partial charge in [-0.25, -0.2) is 0 Å². The van der Waals surface area contributed by atoms with E-state index in [1.165, 1.54) is 0 Å². The van der Waals surface area contributed by atoms with E-state index in [9.17, 15) is 5.11 Å². The van der Waals surface area contributed by atoms with Crippen molar-refractivity contribution in [1.29, 1.82) is 0 Å². The molecule has 0 radical (unpaired) electrons. The van der Waals surface area contributed by atoms with Crippen LogP contribution in [0.5, 0.6) is 5.75 Å². The van der Waals surface area contributed by atoms with Crippen LogP contribution in [0.1, 0.15) is 11.1 Å². The Morgan fingerprint density at radius 1 is 1.05 bits per heavy atom. The van der Waals surface area contributed by atoms with Crippen molar-refractivity contribution >= 4 is 11.6 Å². The largest absolute Gasteiger partial charge is 0.467 e. The lowest BCUT2D eigenvalue weighted by Crippen LogP contribution is -2.04. The number of hydrogen-bond donors (Lipinski definition) is 1. The number of ether oxygens (including phenoxy) is 2. The van der Waals surface area contributed by atoms with Crippen molar-refractivity contribution in [1.82, 2.24) is 0 Å².